The molecule has 2 aromatic rings. The Bertz CT molecular complexity index is 677. The Labute approximate surface area is 125 Å². The summed E-state index contributed by atoms with van der Waals surface area (Å²) in [6.45, 7) is 1.89. The van der Waals surface area contributed by atoms with Gasteiger partial charge in [-0.05, 0) is 6.92 Å². The molecule has 2 aromatic heterocycles. The van der Waals surface area contributed by atoms with E-state index in [9.17, 15) is 10.2 Å². The third-order valence-corrected chi connectivity index (χ3v) is 3.56. The molecule has 6 N–H and O–H groups in total. The van der Waals surface area contributed by atoms with Gasteiger partial charge in [0.25, 0.3) is 0 Å². The predicted octanol–water partition coefficient (Wildman–Crippen LogP) is -1.61. The van der Waals surface area contributed by atoms with E-state index < -0.39 is 24.5 Å². The maximum absolute atomic E-state index is 9.97. The molecular formula is C12H18N6O4. The first-order chi connectivity index (χ1) is 10.6. The van der Waals surface area contributed by atoms with Gasteiger partial charge in [0, 0.05) is 0 Å². The van der Waals surface area contributed by atoms with Crippen LogP contribution in [0.5, 0.6) is 5.88 Å². The number of hydrogen-bond donors (Lipinski definition) is 4. The minimum absolute atomic E-state index is 0.0310. The van der Waals surface area contributed by atoms with E-state index in [1.54, 1.807) is 4.57 Å². The number of fused-ring (bicyclic) bond motifs is 1. The van der Waals surface area contributed by atoms with Gasteiger partial charge in [0.15, 0.2) is 17.4 Å². The van der Waals surface area contributed by atoms with Crippen molar-refractivity contribution in [1.82, 2.24) is 19.5 Å². The fraction of sp³-hybridized carbons (Fsp3) is 0.583. The third-order valence-electron chi connectivity index (χ3n) is 3.56. The summed E-state index contributed by atoms with van der Waals surface area (Å²) in [5.41, 5.74) is 12.5. The highest BCUT2D eigenvalue weighted by Gasteiger charge is 2.42. The Balaban J connectivity index is 2.05. The maximum Gasteiger partial charge on any atom is 0.247 e. The van der Waals surface area contributed by atoms with E-state index in [2.05, 4.69) is 15.0 Å². The van der Waals surface area contributed by atoms with E-state index in [1.807, 2.05) is 6.92 Å². The molecule has 1 saturated heterocycles. The van der Waals surface area contributed by atoms with E-state index in [0.29, 0.717) is 17.8 Å². The topological polar surface area (TPSA) is 155 Å². The van der Waals surface area contributed by atoms with Gasteiger partial charge in [-0.25, -0.2) is 4.98 Å². The summed E-state index contributed by atoms with van der Waals surface area (Å²) in [4.78, 5) is 12.4. The van der Waals surface area contributed by atoms with E-state index in [-0.39, 0.29) is 18.4 Å². The van der Waals surface area contributed by atoms with Gasteiger partial charge in [0.05, 0.1) is 25.6 Å². The number of hydrogen-bond acceptors (Lipinski definition) is 9. The van der Waals surface area contributed by atoms with Crippen LogP contribution in [0.1, 0.15) is 13.2 Å². The van der Waals surface area contributed by atoms with Crippen molar-refractivity contribution in [3.63, 3.8) is 0 Å². The average molecular weight is 310 g/mol. The maximum atomic E-state index is 9.97. The van der Waals surface area contributed by atoms with Crippen molar-refractivity contribution >= 4 is 17.1 Å². The Morgan fingerprint density at radius 1 is 1.45 bits per heavy atom. The molecule has 1 fully saturated rings. The summed E-state index contributed by atoms with van der Waals surface area (Å²) < 4.78 is 12.5. The smallest absolute Gasteiger partial charge is 0.247 e. The number of nitrogens with two attached hydrogens (primary N) is 2. The fourth-order valence-corrected chi connectivity index (χ4v) is 2.50. The Kier molecular flexibility index (Phi) is 3.83. The molecule has 22 heavy (non-hydrogen) atoms. The molecule has 0 saturated carbocycles. The standard InChI is InChI=1S/C12H18N6O4/c1-2-21-10-7-9(16-12(14)17-10)18(4-15-7)11-6(13)8(20)5(3-19)22-11/h4-6,8,11,19-20H,2-3,13H2,1H3,(H2,14,16,17)/t5-,6-,8-,11-/m1/s1. The molecule has 0 aromatic carbocycles. The van der Waals surface area contributed by atoms with Crippen LogP contribution < -0.4 is 16.2 Å². The monoisotopic (exact) mass is 310 g/mol. The second-order valence-electron chi connectivity index (χ2n) is 4.96. The lowest BCUT2D eigenvalue weighted by Crippen LogP contribution is -2.39. The summed E-state index contributed by atoms with van der Waals surface area (Å²) in [6.07, 6.45) is -1.000. The lowest BCUT2D eigenvalue weighted by atomic mass is 10.1. The van der Waals surface area contributed by atoms with Gasteiger partial charge in [-0.2, -0.15) is 9.97 Å². The van der Waals surface area contributed by atoms with Gasteiger partial charge in [-0.15, -0.1) is 0 Å². The van der Waals surface area contributed by atoms with Gasteiger partial charge >= 0.3 is 0 Å². The van der Waals surface area contributed by atoms with Crippen LogP contribution in [0, 0.1) is 0 Å². The molecule has 4 atom stereocenters. The largest absolute Gasteiger partial charge is 0.476 e. The molecule has 3 heterocycles. The lowest BCUT2D eigenvalue weighted by molar-refractivity contribution is -0.0437. The number of nitrogen functional groups attached to an aromatic ring is 1. The second-order valence-corrected chi connectivity index (χ2v) is 4.96. The van der Waals surface area contributed by atoms with Crippen LogP contribution in [0.15, 0.2) is 6.33 Å². The van der Waals surface area contributed by atoms with Gasteiger partial charge in [0.2, 0.25) is 11.8 Å². The summed E-state index contributed by atoms with van der Waals surface area (Å²) in [6, 6.07) is -0.735. The first-order valence-electron chi connectivity index (χ1n) is 6.89. The van der Waals surface area contributed by atoms with Crippen molar-refractivity contribution in [2.75, 3.05) is 18.9 Å². The van der Waals surface area contributed by atoms with Crippen LogP contribution in [-0.2, 0) is 4.74 Å². The molecule has 0 aliphatic carbocycles. The van der Waals surface area contributed by atoms with E-state index in [4.69, 9.17) is 20.9 Å². The van der Waals surface area contributed by atoms with Gasteiger partial charge < -0.3 is 31.2 Å². The molecule has 0 radical (unpaired) electrons. The van der Waals surface area contributed by atoms with E-state index >= 15 is 0 Å². The van der Waals surface area contributed by atoms with Crippen molar-refractivity contribution in [3.8, 4) is 5.88 Å². The Hall–Kier alpha value is -2.01. The number of ether oxygens (including phenoxy) is 2. The molecule has 0 unspecified atom stereocenters. The highest BCUT2D eigenvalue weighted by Crippen LogP contribution is 2.31. The average Bonchev–Trinajstić information content (AvgIpc) is 3.02. The third kappa shape index (κ3) is 2.25. The fourth-order valence-electron chi connectivity index (χ4n) is 2.50. The molecule has 120 valence electrons. The van der Waals surface area contributed by atoms with Crippen molar-refractivity contribution in [3.05, 3.63) is 6.33 Å². The quantitative estimate of drug-likeness (QED) is 0.521. The summed E-state index contributed by atoms with van der Waals surface area (Å²) >= 11 is 0. The molecule has 1 aliphatic heterocycles. The second kappa shape index (κ2) is 5.65. The molecular weight excluding hydrogens is 292 g/mol. The minimum atomic E-state index is -0.988. The minimum Gasteiger partial charge on any atom is -0.476 e. The number of imidazole rings is 1. The first kappa shape index (κ1) is 14.9. The highest BCUT2D eigenvalue weighted by atomic mass is 16.5. The molecule has 3 rings (SSSR count). The van der Waals surface area contributed by atoms with Gasteiger partial charge in [0.1, 0.15) is 12.2 Å². The highest BCUT2D eigenvalue weighted by molar-refractivity contribution is 5.77. The van der Waals surface area contributed by atoms with Crippen molar-refractivity contribution < 1.29 is 19.7 Å². The number of aliphatic hydroxyl groups excluding tert-OH is 2. The Morgan fingerprint density at radius 2 is 2.23 bits per heavy atom. The van der Waals surface area contributed by atoms with E-state index in [0.717, 1.165) is 0 Å². The van der Waals surface area contributed by atoms with Crippen LogP contribution in [0.25, 0.3) is 11.2 Å². The number of nitrogens with zero attached hydrogens (tertiary/aromatic N) is 4. The SMILES string of the molecule is CCOc1nc(N)nc2c1ncn2[C@@H]1O[C@H](CO)[C@@H](O)[C@H]1N. The number of aliphatic hydroxyl groups is 2. The molecule has 1 aliphatic rings. The zero-order chi connectivity index (χ0) is 15.9. The van der Waals surface area contributed by atoms with Gasteiger partial charge in [-0.3, -0.25) is 4.57 Å². The summed E-state index contributed by atoms with van der Waals surface area (Å²) in [7, 11) is 0. The normalized spacial score (nSPS) is 28.4. The first-order valence-corrected chi connectivity index (χ1v) is 6.89. The van der Waals surface area contributed by atoms with Crippen LogP contribution in [0.3, 0.4) is 0 Å². The van der Waals surface area contributed by atoms with Crippen molar-refractivity contribution in [1.29, 1.82) is 0 Å². The zero-order valence-electron chi connectivity index (χ0n) is 12.0. The number of rotatable bonds is 4. The lowest BCUT2D eigenvalue weighted by Gasteiger charge is -2.17. The van der Waals surface area contributed by atoms with Crippen molar-refractivity contribution in [2.45, 2.75) is 31.4 Å². The Morgan fingerprint density at radius 3 is 2.86 bits per heavy atom. The van der Waals surface area contributed by atoms with Crippen LogP contribution in [-0.4, -0.2) is 61.2 Å². The van der Waals surface area contributed by atoms with Crippen LogP contribution >= 0.6 is 0 Å². The molecule has 10 nitrogen and oxygen atoms in total. The number of aromatic nitrogens is 4. The van der Waals surface area contributed by atoms with Gasteiger partial charge in [-0.1, -0.05) is 0 Å². The predicted molar refractivity (Wildman–Crippen MR) is 75.9 cm³/mol. The summed E-state index contributed by atoms with van der Waals surface area (Å²) in [5, 5.41) is 19.2. The van der Waals surface area contributed by atoms with E-state index in [1.165, 1.54) is 6.33 Å². The number of anilines is 1. The molecule has 0 spiro atoms. The zero-order valence-corrected chi connectivity index (χ0v) is 12.0. The molecule has 10 heteroatoms. The molecule has 0 amide bonds. The van der Waals surface area contributed by atoms with Crippen LogP contribution in [0.2, 0.25) is 0 Å². The van der Waals surface area contributed by atoms with Crippen molar-refractivity contribution in [2.24, 2.45) is 5.73 Å². The summed E-state index contributed by atoms with van der Waals surface area (Å²) in [5.74, 6) is 0.304. The van der Waals surface area contributed by atoms with Crippen LogP contribution in [0.4, 0.5) is 5.95 Å². The molecule has 0 bridgehead atoms.